The van der Waals surface area contributed by atoms with Crippen LogP contribution in [0.3, 0.4) is 0 Å². The number of aryl methyl sites for hydroxylation is 1. The van der Waals surface area contributed by atoms with Crippen molar-refractivity contribution in [2.24, 2.45) is 0 Å². The molecular formula is C27H26N2O6S. The van der Waals surface area contributed by atoms with Gasteiger partial charge in [0.15, 0.2) is 5.60 Å². The lowest BCUT2D eigenvalue weighted by molar-refractivity contribution is -0.125. The van der Waals surface area contributed by atoms with Gasteiger partial charge in [0.2, 0.25) is 5.78 Å². The Bertz CT molecular complexity index is 1410. The lowest BCUT2D eigenvalue weighted by Gasteiger charge is -2.17. The van der Waals surface area contributed by atoms with E-state index in [1.165, 1.54) is 0 Å². The van der Waals surface area contributed by atoms with Crippen LogP contribution in [-0.4, -0.2) is 35.6 Å². The van der Waals surface area contributed by atoms with Crippen LogP contribution >= 0.6 is 0 Å². The molecule has 4 rings (SSSR count). The molecule has 1 aromatic heterocycles. The number of hydrogen-bond acceptors (Lipinski definition) is 7. The fourth-order valence-electron chi connectivity index (χ4n) is 3.38. The summed E-state index contributed by atoms with van der Waals surface area (Å²) in [4.78, 5) is 17.4. The van der Waals surface area contributed by atoms with E-state index in [2.05, 4.69) is 11.1 Å². The van der Waals surface area contributed by atoms with Crippen LogP contribution in [0, 0.1) is 18.3 Å². The van der Waals surface area contributed by atoms with Crippen molar-refractivity contribution in [2.45, 2.75) is 33.0 Å². The Labute approximate surface area is 210 Å². The molecule has 0 spiro atoms. The first kappa shape index (κ1) is 26.6. The van der Waals surface area contributed by atoms with Crippen molar-refractivity contribution in [1.29, 1.82) is 5.26 Å². The van der Waals surface area contributed by atoms with Gasteiger partial charge in [-0.05, 0) is 74.4 Å². The number of pyridine rings is 1. The largest absolute Gasteiger partial charge is 0.487 e. The Balaban J connectivity index is 0.000000658. The number of carbonyl (C=O) groups excluding carboxylic acids is 1. The number of ether oxygens (including phenoxy) is 2. The first-order valence-electron chi connectivity index (χ1n) is 10.9. The first-order chi connectivity index (χ1) is 16.9. The van der Waals surface area contributed by atoms with Crippen molar-refractivity contribution in [1.82, 2.24) is 4.98 Å². The minimum Gasteiger partial charge on any atom is -0.487 e. The van der Waals surface area contributed by atoms with Crippen LogP contribution < -0.4 is 4.74 Å². The highest BCUT2D eigenvalue weighted by Gasteiger charge is 2.42. The van der Waals surface area contributed by atoms with Crippen LogP contribution in [0.1, 0.15) is 41.8 Å². The third-order valence-corrected chi connectivity index (χ3v) is 5.14. The third kappa shape index (κ3) is 7.01. The smallest absolute Gasteiger partial charge is 0.261 e. The van der Waals surface area contributed by atoms with E-state index >= 15 is 0 Å². The summed E-state index contributed by atoms with van der Waals surface area (Å²) >= 11 is 0. The molecule has 3 aromatic rings. The van der Waals surface area contributed by atoms with Crippen molar-refractivity contribution >= 4 is 27.2 Å². The Morgan fingerprint density at radius 1 is 1.03 bits per heavy atom. The van der Waals surface area contributed by atoms with E-state index in [0.29, 0.717) is 35.5 Å². The standard InChI is InChI=1S/C26H22N2O3.CH4O3S/c1-17-4-11-21(28-15-17)16-30-22-12-9-19(10-13-22)23-24(31-26(2,3)25(23)29)20-7-5-18(14-27)6-8-20;1-5(2,3)4/h4-13,15H,16H2,1-3H3;1H3,(H,2,3,4). The minimum absolute atomic E-state index is 0.0793. The lowest BCUT2D eigenvalue weighted by Crippen LogP contribution is -2.29. The van der Waals surface area contributed by atoms with E-state index in [4.69, 9.17) is 19.3 Å². The van der Waals surface area contributed by atoms with Gasteiger partial charge in [-0.3, -0.25) is 14.3 Å². The lowest BCUT2D eigenvalue weighted by atomic mass is 9.92. The summed E-state index contributed by atoms with van der Waals surface area (Å²) in [5.74, 6) is 1.14. The van der Waals surface area contributed by atoms with E-state index in [-0.39, 0.29) is 5.78 Å². The maximum atomic E-state index is 13.1. The maximum absolute atomic E-state index is 13.1. The van der Waals surface area contributed by atoms with Gasteiger partial charge in [-0.2, -0.15) is 13.7 Å². The first-order valence-corrected chi connectivity index (χ1v) is 12.8. The Morgan fingerprint density at radius 2 is 1.61 bits per heavy atom. The van der Waals surface area contributed by atoms with Crippen LogP contribution in [0.5, 0.6) is 5.75 Å². The number of rotatable bonds is 5. The number of ketones is 1. The number of Topliss-reactive ketones (excluding diaryl/α,β-unsaturated/α-hetero) is 1. The summed E-state index contributed by atoms with van der Waals surface area (Å²) in [5, 5.41) is 9.04. The third-order valence-electron chi connectivity index (χ3n) is 5.14. The number of aromatic nitrogens is 1. The van der Waals surface area contributed by atoms with Gasteiger partial charge in [0, 0.05) is 11.8 Å². The summed E-state index contributed by atoms with van der Waals surface area (Å²) in [6.07, 6.45) is 2.53. The van der Waals surface area contributed by atoms with Crippen molar-refractivity contribution in [3.63, 3.8) is 0 Å². The fourth-order valence-corrected chi connectivity index (χ4v) is 3.38. The Hall–Kier alpha value is -4.00. The van der Waals surface area contributed by atoms with Gasteiger partial charge in [0.1, 0.15) is 18.1 Å². The van der Waals surface area contributed by atoms with Gasteiger partial charge in [0.25, 0.3) is 10.1 Å². The summed E-state index contributed by atoms with van der Waals surface area (Å²) in [6, 6.07) is 20.5. The molecular weight excluding hydrogens is 480 g/mol. The van der Waals surface area contributed by atoms with E-state index in [9.17, 15) is 13.2 Å². The SMILES string of the molecule is CS(=O)(=O)O.Cc1ccc(COc2ccc(C3=C(c4ccc(C#N)cc4)OC(C)(C)C3=O)cc2)nc1. The summed E-state index contributed by atoms with van der Waals surface area (Å²) in [7, 11) is -3.67. The predicted molar refractivity (Wildman–Crippen MR) is 135 cm³/mol. The van der Waals surface area contributed by atoms with E-state index in [1.54, 1.807) is 38.1 Å². The van der Waals surface area contributed by atoms with Crippen molar-refractivity contribution in [3.8, 4) is 11.8 Å². The van der Waals surface area contributed by atoms with Crippen LogP contribution in [0.2, 0.25) is 0 Å². The molecule has 2 aromatic carbocycles. The molecule has 8 nitrogen and oxygen atoms in total. The highest BCUT2D eigenvalue weighted by atomic mass is 32.2. The monoisotopic (exact) mass is 506 g/mol. The molecule has 2 heterocycles. The molecule has 0 unspecified atom stereocenters. The van der Waals surface area contributed by atoms with Gasteiger partial charge in [0.05, 0.1) is 29.2 Å². The summed E-state index contributed by atoms with van der Waals surface area (Å²) < 4.78 is 37.7. The van der Waals surface area contributed by atoms with Crippen molar-refractivity contribution in [3.05, 3.63) is 94.8 Å². The predicted octanol–water partition coefficient (Wildman–Crippen LogP) is 4.59. The molecule has 0 saturated carbocycles. The molecule has 36 heavy (non-hydrogen) atoms. The number of hydrogen-bond donors (Lipinski definition) is 1. The Kier molecular flexibility index (Phi) is 7.93. The molecule has 0 atom stereocenters. The average molecular weight is 507 g/mol. The molecule has 1 aliphatic heterocycles. The molecule has 186 valence electrons. The minimum atomic E-state index is -3.67. The molecule has 1 N–H and O–H groups in total. The second-order valence-corrected chi connectivity index (χ2v) is 10.2. The van der Waals surface area contributed by atoms with Gasteiger partial charge in [-0.15, -0.1) is 0 Å². The van der Waals surface area contributed by atoms with Crippen molar-refractivity contribution < 1.29 is 27.2 Å². The zero-order valence-electron chi connectivity index (χ0n) is 20.3. The molecule has 0 fully saturated rings. The van der Waals surface area contributed by atoms with E-state index < -0.39 is 15.7 Å². The van der Waals surface area contributed by atoms with Crippen LogP contribution in [0.4, 0.5) is 0 Å². The fraction of sp³-hybridized carbons (Fsp3) is 0.222. The van der Waals surface area contributed by atoms with Gasteiger partial charge in [-0.1, -0.05) is 18.2 Å². The molecule has 0 aliphatic carbocycles. The zero-order valence-corrected chi connectivity index (χ0v) is 21.2. The Morgan fingerprint density at radius 3 is 2.14 bits per heavy atom. The summed E-state index contributed by atoms with van der Waals surface area (Å²) in [5.41, 5.74) is 3.60. The van der Waals surface area contributed by atoms with Gasteiger partial charge < -0.3 is 9.47 Å². The maximum Gasteiger partial charge on any atom is 0.261 e. The quantitative estimate of drug-likeness (QED) is 0.498. The number of nitrogens with zero attached hydrogens (tertiary/aromatic N) is 2. The van der Waals surface area contributed by atoms with Gasteiger partial charge in [-0.25, -0.2) is 0 Å². The van der Waals surface area contributed by atoms with E-state index in [1.807, 2.05) is 49.5 Å². The van der Waals surface area contributed by atoms with Crippen LogP contribution in [0.15, 0.2) is 66.9 Å². The van der Waals surface area contributed by atoms with Crippen molar-refractivity contribution in [2.75, 3.05) is 6.26 Å². The number of benzene rings is 2. The van der Waals surface area contributed by atoms with E-state index in [0.717, 1.165) is 22.4 Å². The molecule has 0 bridgehead atoms. The molecule has 0 radical (unpaired) electrons. The highest BCUT2D eigenvalue weighted by Crippen LogP contribution is 2.41. The normalized spacial score (nSPS) is 14.4. The average Bonchev–Trinajstić information content (AvgIpc) is 3.07. The molecule has 0 amide bonds. The zero-order chi connectivity index (χ0) is 26.5. The molecule has 1 aliphatic rings. The number of nitriles is 1. The van der Waals surface area contributed by atoms with Crippen LogP contribution in [0.25, 0.3) is 11.3 Å². The second-order valence-electron chi connectivity index (χ2n) is 8.71. The summed E-state index contributed by atoms with van der Waals surface area (Å²) in [6.45, 7) is 5.89. The second kappa shape index (κ2) is 10.7. The topological polar surface area (TPSA) is 127 Å². The van der Waals surface area contributed by atoms with Crippen LogP contribution in [-0.2, 0) is 26.3 Å². The number of carbonyl (C=O) groups is 1. The van der Waals surface area contributed by atoms with Gasteiger partial charge >= 0.3 is 0 Å². The molecule has 0 saturated heterocycles. The molecule has 9 heteroatoms. The highest BCUT2D eigenvalue weighted by molar-refractivity contribution is 7.85.